The first-order valence-corrected chi connectivity index (χ1v) is 41.4. The Labute approximate surface area is 697 Å². The Bertz CT molecular complexity index is 4660. The summed E-state index contributed by atoms with van der Waals surface area (Å²) in [5, 5.41) is 120. The molecule has 5 unspecified atom stereocenters. The number of ether oxygens (including phenoxy) is 5. The Balaban J connectivity index is 1.04. The third kappa shape index (κ3) is 20.3. The van der Waals surface area contributed by atoms with Crippen LogP contribution >= 0.6 is 23.2 Å². The normalized spacial score (nSPS) is 27.6. The highest BCUT2D eigenvalue weighted by Gasteiger charge is 2.51. The fourth-order valence-electron chi connectivity index (χ4n) is 17.9. The second kappa shape index (κ2) is 37.5. The van der Waals surface area contributed by atoms with Gasteiger partial charge in [0.15, 0.2) is 28.8 Å². The van der Waals surface area contributed by atoms with Crippen molar-refractivity contribution in [3.05, 3.63) is 117 Å². The van der Waals surface area contributed by atoms with Crippen molar-refractivity contribution in [3.63, 3.8) is 0 Å². The van der Waals surface area contributed by atoms with Crippen LogP contribution < -0.4 is 46.1 Å². The van der Waals surface area contributed by atoms with Gasteiger partial charge in [0.05, 0.1) is 28.5 Å². The van der Waals surface area contributed by atoms with Gasteiger partial charge in [-0.05, 0) is 184 Å². The van der Waals surface area contributed by atoms with E-state index in [1.165, 1.54) is 43.4 Å². The first kappa shape index (κ1) is 88.6. The zero-order valence-electron chi connectivity index (χ0n) is 67.1. The van der Waals surface area contributed by atoms with E-state index in [9.17, 15) is 60.3 Å². The number of Topliss-reactive ketones (excluding diaryl/α,β-unsaturated/α-hetero) is 3. The molecule has 642 valence electrons. The van der Waals surface area contributed by atoms with Crippen molar-refractivity contribution in [2.24, 2.45) is 41.4 Å². The lowest BCUT2D eigenvalue weighted by Gasteiger charge is -2.54. The van der Waals surface area contributed by atoms with E-state index in [2.05, 4.69) is 38.8 Å². The Morgan fingerprint density at radius 3 is 1.89 bits per heavy atom. The number of hydrogen-bond donors (Lipinski definition) is 15. The number of benzene rings is 5. The number of rotatable bonds is 20. The van der Waals surface area contributed by atoms with E-state index in [-0.39, 0.29) is 98.0 Å². The number of aliphatic hydroxyl groups excluding tert-OH is 6. The summed E-state index contributed by atoms with van der Waals surface area (Å²) in [5.74, 6) is -16.3. The van der Waals surface area contributed by atoms with Gasteiger partial charge in [-0.2, -0.15) is 0 Å². The van der Waals surface area contributed by atoms with Crippen LogP contribution in [0, 0.1) is 41.4 Å². The lowest BCUT2D eigenvalue weighted by molar-refractivity contribution is -0.277. The molecule has 33 heteroatoms. The Morgan fingerprint density at radius 1 is 0.655 bits per heavy atom. The van der Waals surface area contributed by atoms with E-state index in [1.807, 2.05) is 0 Å². The molecule has 31 nitrogen and oxygen atoms in total. The smallest absolute Gasteiger partial charge is 0.410 e. The molecule has 4 aliphatic carbocycles. The van der Waals surface area contributed by atoms with E-state index in [4.69, 9.17) is 46.9 Å². The Kier molecular flexibility index (Phi) is 27.9. The Hall–Kier alpha value is -9.70. The number of urea groups is 1. The van der Waals surface area contributed by atoms with Crippen LogP contribution in [0.4, 0.5) is 9.59 Å². The molecule has 6 aliphatic heterocycles. The summed E-state index contributed by atoms with van der Waals surface area (Å²) in [6.45, 7) is 9.55. The maximum absolute atomic E-state index is 16.6. The number of carbonyl (C=O) groups excluding carboxylic acids is 10. The van der Waals surface area contributed by atoms with Crippen molar-refractivity contribution < 1.29 is 118 Å². The summed E-state index contributed by atoms with van der Waals surface area (Å²) in [6, 6.07) is 4.19. The number of nitrogens with zero attached hydrogens (tertiary/aromatic N) is 1. The lowest BCUT2D eigenvalue weighted by Crippen LogP contribution is -2.60. The van der Waals surface area contributed by atoms with Crippen molar-refractivity contribution in [1.29, 1.82) is 0 Å². The van der Waals surface area contributed by atoms with Gasteiger partial charge >= 0.3 is 12.1 Å². The number of aromatic hydroxyl groups is 3. The van der Waals surface area contributed by atoms with Crippen LogP contribution in [0.25, 0.3) is 11.1 Å². The van der Waals surface area contributed by atoms with Gasteiger partial charge in [0.25, 0.3) is 0 Å². The van der Waals surface area contributed by atoms with Gasteiger partial charge in [-0.3, -0.25) is 48.6 Å². The largest absolute Gasteiger partial charge is 0.508 e. The van der Waals surface area contributed by atoms with Crippen molar-refractivity contribution in [2.75, 3.05) is 20.2 Å². The highest BCUT2D eigenvalue weighted by Crippen LogP contribution is 2.58. The van der Waals surface area contributed by atoms with Gasteiger partial charge in [0, 0.05) is 56.5 Å². The number of carbonyl (C=O) groups is 10. The van der Waals surface area contributed by atoms with Crippen molar-refractivity contribution >= 4 is 82.2 Å². The summed E-state index contributed by atoms with van der Waals surface area (Å²) in [5.41, 5.74) is -2.82. The lowest BCUT2D eigenvalue weighted by atomic mass is 9.51. The maximum atomic E-state index is 16.6. The van der Waals surface area contributed by atoms with E-state index in [1.54, 1.807) is 34.6 Å². The van der Waals surface area contributed by atoms with Crippen LogP contribution in [0.2, 0.25) is 10.0 Å². The molecule has 15 N–H and O–H groups in total. The number of ketones is 3. The zero-order valence-corrected chi connectivity index (χ0v) is 68.6. The molecule has 0 radical (unpaired) electrons. The van der Waals surface area contributed by atoms with Crippen LogP contribution in [0.3, 0.4) is 0 Å². The minimum absolute atomic E-state index is 0.0481. The van der Waals surface area contributed by atoms with Crippen LogP contribution in [-0.4, -0.2) is 185 Å². The molecule has 5 fully saturated rings. The molecule has 0 spiro atoms. The second-order valence-electron chi connectivity index (χ2n) is 34.1. The first-order chi connectivity index (χ1) is 56.4. The highest BCUT2D eigenvalue weighted by atomic mass is 35.5. The predicted octanol–water partition coefficient (Wildman–Crippen LogP) is 9.14. The Morgan fingerprint density at radius 2 is 1.28 bits per heavy atom. The van der Waals surface area contributed by atoms with Crippen molar-refractivity contribution in [1.82, 2.24) is 36.8 Å². The first-order valence-electron chi connectivity index (χ1n) is 40.6. The fourth-order valence-corrected chi connectivity index (χ4v) is 18.3. The standard InChI is InChI=1S/C86H105Cl2N7O24/c1-8-9-10-11-12-13-20-89-84(113)90-67(103)33-48-30-59(100)71(93-81(111)56(21-39(2)3)95(7)85(114)119-86(4,5)6)73(104)43-15-18-62(54(87)28-43)115-64-31-47-32-65(78(64)118-83-77(108)76(107)75(106)66(38-96)117-83)116-63-19-16-44(29-55(63)88)74(105)72-82(112)92-70(61(102)36-50-45-23-40-22-41(25-45)26-46(50)24-40)53-34-49(97)35-58(99)68(53)52-27-42(14-17-57(52)98)51(80(110)94-72)37-60(101)69(47)91-79(48)109/h14-19,27-29,31-32,34-35,39-41,45-46,48,50-51,56,66,69-77,83,96-99,104-108H,8-13,20-26,30,33,36-38H2,1-7H3,(H,91,109)(H,92,112)(H,93,111)(H,94,110)(H2,89,90,103,113)/t40?,41?,45?,46?,48-,50?,51+,56+,66?,69+,70-,71-,72-,73+,74+,75?,76?,77?,83?/m0/s1. The molecule has 10 aliphatic rings. The topological polar surface area (TPSA) is 474 Å². The van der Waals surface area contributed by atoms with Crippen LogP contribution in [0.15, 0.2) is 78.9 Å². The molecule has 119 heavy (non-hydrogen) atoms. The molecule has 5 aromatic carbocycles. The van der Waals surface area contributed by atoms with E-state index >= 15 is 33.6 Å². The highest BCUT2D eigenvalue weighted by molar-refractivity contribution is 6.32. The van der Waals surface area contributed by atoms with Crippen molar-refractivity contribution in [3.8, 4) is 57.1 Å². The second-order valence-corrected chi connectivity index (χ2v) is 34.9. The summed E-state index contributed by atoms with van der Waals surface area (Å²) >= 11 is 14.4. The molecule has 0 aromatic heterocycles. The number of nitrogens with one attached hydrogen (secondary N) is 6. The minimum atomic E-state index is -2.25. The summed E-state index contributed by atoms with van der Waals surface area (Å²) in [7, 11) is 1.29. The molecule has 4 saturated carbocycles. The van der Waals surface area contributed by atoms with E-state index in [0.29, 0.717) is 18.3 Å². The van der Waals surface area contributed by atoms with Crippen LogP contribution in [0.5, 0.6) is 46.0 Å². The molecule has 6 heterocycles. The van der Waals surface area contributed by atoms with Crippen LogP contribution in [-0.2, 0) is 47.8 Å². The number of imide groups is 1. The molecule has 15 bridgehead atoms. The van der Waals surface area contributed by atoms with Crippen LogP contribution in [0.1, 0.15) is 202 Å². The molecular weight excluding hydrogens is 1590 g/mol. The van der Waals surface area contributed by atoms with Gasteiger partial charge in [-0.15, -0.1) is 0 Å². The molecular formula is C86H105Cl2N7O24. The summed E-state index contributed by atoms with van der Waals surface area (Å²) in [6.07, 6.45) is -8.75. The van der Waals surface area contributed by atoms with E-state index < -0.39 is 215 Å². The van der Waals surface area contributed by atoms with Gasteiger partial charge in [0.1, 0.15) is 101 Å². The minimum Gasteiger partial charge on any atom is -0.508 e. The third-order valence-electron chi connectivity index (χ3n) is 23.7. The number of fused-ring (bicyclic) bond motifs is 15. The third-order valence-corrected chi connectivity index (χ3v) is 24.3. The van der Waals surface area contributed by atoms with E-state index in [0.717, 1.165) is 112 Å². The summed E-state index contributed by atoms with van der Waals surface area (Å²) < 4.78 is 31.2. The number of amides is 8. The fraction of sp³-hybridized carbons (Fsp3) is 0.535. The SMILES string of the molecule is CCCCCCCCNC(=O)NC(=O)C[C@@H]1CC(=O)[C@H](NC(=O)[C@@H](CC(C)C)N(C)C(=O)OC(C)(C)C)[C@H](O)c2ccc(c(Cl)c2)Oc2cc3cc(c2OC2OC(CO)C(O)C(O)C2O)Oc2ccc(cc2Cl)[C@@H](O)[C@@H]2NC(=O)[C@H](CC(=O)[C@@H]3NC1=O)c1ccc(O)c(c1)-c1c(O)cc(O)cc1[C@@H](C(=O)CC1C3CC4CC(C3)CC1C4)NC2=O. The number of halogens is 2. The zero-order chi connectivity index (χ0) is 85.9. The number of hydrogen-bond acceptors (Lipinski definition) is 24. The summed E-state index contributed by atoms with van der Waals surface area (Å²) in [4.78, 5) is 154. The average Bonchev–Trinajstić information content (AvgIpc) is 0.759. The van der Waals surface area contributed by atoms with Crippen molar-refractivity contribution in [2.45, 2.75) is 229 Å². The van der Waals surface area contributed by atoms with Gasteiger partial charge in [0.2, 0.25) is 41.6 Å². The molecule has 5 aromatic rings. The van der Waals surface area contributed by atoms with Gasteiger partial charge < -0.3 is 96.2 Å². The quantitative estimate of drug-likeness (QED) is 0.0323. The molecule has 1 saturated heterocycles. The average molecular weight is 1690 g/mol. The van der Waals surface area contributed by atoms with Gasteiger partial charge in [-0.25, -0.2) is 9.59 Å². The van der Waals surface area contributed by atoms with Gasteiger partial charge in [-0.1, -0.05) is 94.3 Å². The monoisotopic (exact) mass is 1690 g/mol. The number of phenolic OH excluding ortho intramolecular Hbond substituents is 3. The maximum Gasteiger partial charge on any atom is 0.410 e. The number of likely N-dealkylation sites (N-methyl/N-ethyl adjacent to an activating group) is 1. The molecule has 15 rings (SSSR count). The number of phenols is 3. The molecule has 14 atom stereocenters. The molecule has 8 amide bonds. The predicted molar refractivity (Wildman–Crippen MR) is 429 cm³/mol. The number of unbranched alkanes of at least 4 members (excludes halogenated alkanes) is 5. The number of aliphatic hydroxyl groups is 6.